The maximum absolute atomic E-state index is 12.0. The minimum absolute atomic E-state index is 0.0869. The van der Waals surface area contributed by atoms with Crippen LogP contribution in [0.4, 0.5) is 5.95 Å². The number of hydrogen-bond acceptors (Lipinski definition) is 7. The van der Waals surface area contributed by atoms with E-state index in [0.29, 0.717) is 12.1 Å². The summed E-state index contributed by atoms with van der Waals surface area (Å²) in [4.78, 5) is 25.9. The molecule has 0 radical (unpaired) electrons. The van der Waals surface area contributed by atoms with Gasteiger partial charge in [0.2, 0.25) is 5.91 Å². The molecule has 1 aromatic carbocycles. The minimum Gasteiger partial charge on any atom is -0.390 e. The topological polar surface area (TPSA) is 144 Å². The number of H-pyrrole nitrogens is 1. The highest BCUT2D eigenvalue weighted by Gasteiger charge is 2.15. The van der Waals surface area contributed by atoms with Crippen molar-refractivity contribution in [1.29, 1.82) is 0 Å². The molecule has 0 fully saturated rings. The van der Waals surface area contributed by atoms with Crippen LogP contribution >= 0.6 is 0 Å². The zero-order valence-corrected chi connectivity index (χ0v) is 13.9. The number of nitrogens with zero attached hydrogens (tertiary/aromatic N) is 6. The monoisotopic (exact) mass is 356 g/mol. The van der Waals surface area contributed by atoms with Crippen molar-refractivity contribution in [2.75, 3.05) is 0 Å². The van der Waals surface area contributed by atoms with Gasteiger partial charge in [-0.3, -0.25) is 4.79 Å². The van der Waals surface area contributed by atoms with Gasteiger partial charge in [-0.05, 0) is 29.9 Å². The van der Waals surface area contributed by atoms with Crippen LogP contribution in [0.2, 0.25) is 0 Å². The molecule has 0 aliphatic rings. The quantitative estimate of drug-likeness (QED) is 0.369. The fourth-order valence-corrected chi connectivity index (χ4v) is 2.42. The number of carbonyl (C=O) groups is 1. The molecule has 3 aromatic rings. The van der Waals surface area contributed by atoms with Gasteiger partial charge in [-0.2, -0.15) is 5.10 Å². The number of nitrogens with one attached hydrogen (secondary N) is 2. The Balaban J connectivity index is 1.51. The third-order valence-electron chi connectivity index (χ3n) is 3.64. The van der Waals surface area contributed by atoms with E-state index in [-0.39, 0.29) is 18.9 Å². The molecular weight excluding hydrogens is 340 g/mol. The Kier molecular flexibility index (Phi) is 4.97. The Labute approximate surface area is 147 Å². The fraction of sp³-hybridized carbons (Fsp3) is 0.267. The van der Waals surface area contributed by atoms with Crippen LogP contribution in [0, 0.1) is 10.1 Å². The van der Waals surface area contributed by atoms with E-state index in [0.717, 1.165) is 21.3 Å². The fourth-order valence-electron chi connectivity index (χ4n) is 2.42. The second kappa shape index (κ2) is 7.51. The summed E-state index contributed by atoms with van der Waals surface area (Å²) in [6.45, 7) is 1.73. The largest absolute Gasteiger partial charge is 0.514 e. The van der Waals surface area contributed by atoms with Gasteiger partial charge >= 0.3 is 5.95 Å². The van der Waals surface area contributed by atoms with Crippen LogP contribution in [0.25, 0.3) is 10.9 Å². The summed E-state index contributed by atoms with van der Waals surface area (Å²) in [5.74, 6) is -0.812. The first-order valence-corrected chi connectivity index (χ1v) is 7.82. The number of para-hydroxylation sites is 1. The average molecular weight is 356 g/mol. The van der Waals surface area contributed by atoms with E-state index in [2.05, 4.69) is 30.9 Å². The Morgan fingerprint density at radius 1 is 1.42 bits per heavy atom. The van der Waals surface area contributed by atoms with Crippen molar-refractivity contribution in [3.05, 3.63) is 46.1 Å². The number of hydrazone groups is 1. The van der Waals surface area contributed by atoms with Crippen molar-refractivity contribution < 1.29 is 9.72 Å². The van der Waals surface area contributed by atoms with Crippen molar-refractivity contribution >= 4 is 28.5 Å². The first-order chi connectivity index (χ1) is 12.5. The highest BCUT2D eigenvalue weighted by atomic mass is 16.6. The number of hydrogen-bond donors (Lipinski definition) is 2. The molecule has 0 saturated carbocycles. The number of nitro groups is 1. The molecule has 11 nitrogen and oxygen atoms in total. The number of aromatic nitrogens is 5. The van der Waals surface area contributed by atoms with E-state index in [1.807, 2.05) is 30.5 Å². The molecule has 0 aliphatic heterocycles. The molecule has 1 amide bonds. The Hall–Kier alpha value is -3.63. The Morgan fingerprint density at radius 3 is 3.00 bits per heavy atom. The van der Waals surface area contributed by atoms with Gasteiger partial charge in [-0.1, -0.05) is 23.0 Å². The van der Waals surface area contributed by atoms with Gasteiger partial charge in [0.15, 0.2) is 0 Å². The van der Waals surface area contributed by atoms with Gasteiger partial charge in [-0.25, -0.2) is 5.43 Å². The number of fused-ring (bicyclic) bond motifs is 1. The van der Waals surface area contributed by atoms with Gasteiger partial charge in [0.25, 0.3) is 0 Å². The van der Waals surface area contributed by atoms with Crippen LogP contribution in [0.15, 0.2) is 35.6 Å². The SMILES string of the molecule is C/C(Cn1nnc([N+](=O)[O-])n1)=N/NC(=O)CCc1c[nH]c2ccccc12. The van der Waals surface area contributed by atoms with Gasteiger partial charge in [0.1, 0.15) is 6.54 Å². The van der Waals surface area contributed by atoms with Crippen molar-refractivity contribution in [1.82, 2.24) is 30.6 Å². The molecule has 3 rings (SSSR count). The molecule has 0 spiro atoms. The third-order valence-corrected chi connectivity index (χ3v) is 3.64. The smallest absolute Gasteiger partial charge is 0.390 e. The van der Waals surface area contributed by atoms with Gasteiger partial charge in [0, 0.05) is 28.7 Å². The van der Waals surface area contributed by atoms with E-state index in [9.17, 15) is 14.9 Å². The van der Waals surface area contributed by atoms with Gasteiger partial charge in [-0.15, -0.1) is 0 Å². The predicted molar refractivity (Wildman–Crippen MR) is 92.3 cm³/mol. The maximum atomic E-state index is 12.0. The Morgan fingerprint density at radius 2 is 2.23 bits per heavy atom. The van der Waals surface area contributed by atoms with Crippen molar-refractivity contribution in [3.8, 4) is 0 Å². The van der Waals surface area contributed by atoms with Crippen LogP contribution in [-0.2, 0) is 17.8 Å². The zero-order chi connectivity index (χ0) is 18.5. The summed E-state index contributed by atoms with van der Waals surface area (Å²) in [5, 5.41) is 25.9. The number of carbonyl (C=O) groups excluding carboxylic acids is 1. The molecule has 0 atom stereocenters. The normalized spacial score (nSPS) is 11.7. The molecule has 0 saturated heterocycles. The number of amides is 1. The molecular formula is C15H16N8O3. The standard InChI is InChI=1S/C15H16N8O3/c1-10(9-22-20-15(19-21-22)23(25)26)17-18-14(24)7-6-11-8-16-13-5-3-2-4-12(11)13/h2-5,8,16H,6-7,9H2,1H3,(H,18,24)/b17-10-. The lowest BCUT2D eigenvalue weighted by Gasteiger charge is -2.01. The summed E-state index contributed by atoms with van der Waals surface area (Å²) in [6, 6.07) is 7.89. The molecule has 0 unspecified atom stereocenters. The first kappa shape index (κ1) is 17.2. The molecule has 2 aromatic heterocycles. The van der Waals surface area contributed by atoms with Crippen molar-refractivity contribution in [2.24, 2.45) is 5.10 Å². The summed E-state index contributed by atoms with van der Waals surface area (Å²) in [5.41, 5.74) is 5.04. The van der Waals surface area contributed by atoms with E-state index < -0.39 is 10.9 Å². The van der Waals surface area contributed by atoms with E-state index in [1.165, 1.54) is 0 Å². The Bertz CT molecular complexity index is 974. The summed E-state index contributed by atoms with van der Waals surface area (Å²) in [7, 11) is 0. The van der Waals surface area contributed by atoms with Crippen molar-refractivity contribution in [2.45, 2.75) is 26.3 Å². The lowest BCUT2D eigenvalue weighted by molar-refractivity contribution is -0.394. The first-order valence-electron chi connectivity index (χ1n) is 7.82. The summed E-state index contributed by atoms with van der Waals surface area (Å²) in [6.07, 6.45) is 2.77. The summed E-state index contributed by atoms with van der Waals surface area (Å²) < 4.78 is 0. The highest BCUT2D eigenvalue weighted by Crippen LogP contribution is 2.18. The second-order valence-corrected chi connectivity index (χ2v) is 5.62. The molecule has 134 valence electrons. The van der Waals surface area contributed by atoms with Crippen LogP contribution in [0.3, 0.4) is 0 Å². The van der Waals surface area contributed by atoms with Crippen molar-refractivity contribution in [3.63, 3.8) is 0 Å². The van der Waals surface area contributed by atoms with E-state index >= 15 is 0 Å². The van der Waals surface area contributed by atoms with Crippen LogP contribution < -0.4 is 5.43 Å². The lowest BCUT2D eigenvalue weighted by Crippen LogP contribution is -2.21. The zero-order valence-electron chi connectivity index (χ0n) is 13.9. The third kappa shape index (κ3) is 4.06. The van der Waals surface area contributed by atoms with Gasteiger partial charge < -0.3 is 15.1 Å². The highest BCUT2D eigenvalue weighted by molar-refractivity contribution is 5.85. The molecule has 26 heavy (non-hydrogen) atoms. The molecule has 0 aliphatic carbocycles. The predicted octanol–water partition coefficient (Wildman–Crippen LogP) is 1.19. The van der Waals surface area contributed by atoms with Crippen LogP contribution in [0.5, 0.6) is 0 Å². The minimum atomic E-state index is -0.734. The summed E-state index contributed by atoms with van der Waals surface area (Å²) >= 11 is 0. The number of benzene rings is 1. The molecule has 11 heteroatoms. The molecule has 2 heterocycles. The number of tetrazole rings is 1. The van der Waals surface area contributed by atoms with E-state index in [4.69, 9.17) is 0 Å². The maximum Gasteiger partial charge on any atom is 0.514 e. The van der Waals surface area contributed by atoms with Crippen LogP contribution in [0.1, 0.15) is 18.9 Å². The second-order valence-electron chi connectivity index (χ2n) is 5.62. The number of aromatic amines is 1. The lowest BCUT2D eigenvalue weighted by atomic mass is 10.1. The van der Waals surface area contributed by atoms with Crippen LogP contribution in [-0.4, -0.2) is 41.7 Å². The number of aryl methyl sites for hydroxylation is 1. The van der Waals surface area contributed by atoms with E-state index in [1.54, 1.807) is 6.92 Å². The number of rotatable bonds is 7. The average Bonchev–Trinajstić information content (AvgIpc) is 3.25. The van der Waals surface area contributed by atoms with Gasteiger partial charge in [0.05, 0.1) is 15.9 Å². The molecule has 0 bridgehead atoms. The molecule has 2 N–H and O–H groups in total.